The highest BCUT2D eigenvalue weighted by Crippen LogP contribution is 2.42. The Hall–Kier alpha value is -0.0701. The van der Waals surface area contributed by atoms with Gasteiger partial charge in [-0.25, -0.2) is 0 Å². The van der Waals surface area contributed by atoms with Crippen LogP contribution in [0.4, 0.5) is 0 Å². The van der Waals surface area contributed by atoms with E-state index in [1.165, 1.54) is 0 Å². The maximum atomic E-state index is 6.26. The van der Waals surface area contributed by atoms with Crippen molar-refractivity contribution >= 4 is 14.5 Å². The molecule has 0 aromatic carbocycles. The van der Waals surface area contributed by atoms with Gasteiger partial charge in [0.1, 0.15) is 0 Å². The van der Waals surface area contributed by atoms with E-state index in [4.69, 9.17) is 18.6 Å². The molecule has 2 fully saturated rings. The van der Waals surface area contributed by atoms with Gasteiger partial charge in [0.25, 0.3) is 0 Å². The molecular formula is C17H35B2NO4. The summed E-state index contributed by atoms with van der Waals surface area (Å²) in [6, 6.07) is 0. The van der Waals surface area contributed by atoms with Gasteiger partial charge in [-0.1, -0.05) is 20.8 Å². The third kappa shape index (κ3) is 3.70. The van der Waals surface area contributed by atoms with Crippen LogP contribution in [0.15, 0.2) is 0 Å². The normalized spacial score (nSPS) is 28.0. The predicted molar refractivity (Wildman–Crippen MR) is 98.3 cm³/mol. The average molecular weight is 339 g/mol. The second kappa shape index (κ2) is 5.71. The summed E-state index contributed by atoms with van der Waals surface area (Å²) in [5.41, 5.74) is -1.52. The highest BCUT2D eigenvalue weighted by molar-refractivity contribution is 6.60. The SMILES string of the molecule is CC(C)(C)CN(B1OC(C)(C)C(C)(C)O1)B1OC(C)(C)C(C)(C)O1. The molecule has 0 saturated carbocycles. The Kier molecular flexibility index (Phi) is 4.82. The van der Waals surface area contributed by atoms with Crippen molar-refractivity contribution in [1.82, 2.24) is 4.72 Å². The van der Waals surface area contributed by atoms with Crippen LogP contribution in [0.3, 0.4) is 0 Å². The smallest absolute Gasteiger partial charge is 0.390 e. The molecule has 7 heteroatoms. The predicted octanol–water partition coefficient (Wildman–Crippen LogP) is 3.51. The molecule has 138 valence electrons. The van der Waals surface area contributed by atoms with Crippen molar-refractivity contribution < 1.29 is 18.6 Å². The third-order valence-corrected chi connectivity index (χ3v) is 5.68. The molecule has 2 aliphatic heterocycles. The number of hydrogen-bond acceptors (Lipinski definition) is 5. The van der Waals surface area contributed by atoms with E-state index in [1.807, 2.05) is 0 Å². The number of rotatable bonds is 3. The highest BCUT2D eigenvalue weighted by atomic mass is 16.7. The minimum Gasteiger partial charge on any atom is -0.390 e. The summed E-state index contributed by atoms with van der Waals surface area (Å²) in [4.78, 5) is 0. The fourth-order valence-corrected chi connectivity index (χ4v) is 2.69. The van der Waals surface area contributed by atoms with Gasteiger partial charge in [0.2, 0.25) is 0 Å². The molecule has 0 atom stereocenters. The minimum atomic E-state index is -0.496. The quantitative estimate of drug-likeness (QED) is 0.736. The first-order valence-corrected chi connectivity index (χ1v) is 8.95. The Morgan fingerprint density at radius 2 is 0.875 bits per heavy atom. The second-order valence-corrected chi connectivity index (χ2v) is 10.4. The van der Waals surface area contributed by atoms with Gasteiger partial charge in [0, 0.05) is 0 Å². The molecule has 0 unspecified atom stereocenters. The topological polar surface area (TPSA) is 40.2 Å². The van der Waals surface area contributed by atoms with E-state index in [1.54, 1.807) is 0 Å². The summed E-state index contributed by atoms with van der Waals surface area (Å²) in [5.74, 6) is 0. The molecule has 2 aliphatic rings. The lowest BCUT2D eigenvalue weighted by molar-refractivity contribution is 0.00578. The van der Waals surface area contributed by atoms with Crippen LogP contribution in [-0.2, 0) is 18.6 Å². The van der Waals surface area contributed by atoms with E-state index in [0.29, 0.717) is 0 Å². The largest absolute Gasteiger partial charge is 0.551 e. The Balaban J connectivity index is 2.28. The summed E-state index contributed by atoms with van der Waals surface area (Å²) >= 11 is 0. The van der Waals surface area contributed by atoms with Gasteiger partial charge >= 0.3 is 14.5 Å². The van der Waals surface area contributed by atoms with Crippen LogP contribution in [0, 0.1) is 5.41 Å². The van der Waals surface area contributed by atoms with Gasteiger partial charge in [-0.3, -0.25) is 4.72 Å². The molecule has 24 heavy (non-hydrogen) atoms. The van der Waals surface area contributed by atoms with Gasteiger partial charge < -0.3 is 18.6 Å². The van der Waals surface area contributed by atoms with E-state index in [2.05, 4.69) is 80.9 Å². The zero-order valence-corrected chi connectivity index (χ0v) is 17.4. The Labute approximate surface area is 149 Å². The van der Waals surface area contributed by atoms with E-state index in [9.17, 15) is 0 Å². The Morgan fingerprint density at radius 3 is 1.08 bits per heavy atom. The lowest BCUT2D eigenvalue weighted by Gasteiger charge is -2.32. The van der Waals surface area contributed by atoms with Crippen molar-refractivity contribution in [2.75, 3.05) is 6.54 Å². The van der Waals surface area contributed by atoms with E-state index < -0.39 is 36.9 Å². The molecular weight excluding hydrogens is 304 g/mol. The number of hydrogen-bond donors (Lipinski definition) is 0. The standard InChI is InChI=1S/C17H35B2NO4/c1-13(2,3)12-20(18-21-14(4,5)15(6,7)22-18)19-23-16(8,9)17(10,11)24-19/h12H2,1-11H3. The van der Waals surface area contributed by atoms with E-state index >= 15 is 0 Å². The van der Waals surface area contributed by atoms with Crippen molar-refractivity contribution in [2.24, 2.45) is 5.41 Å². The maximum absolute atomic E-state index is 6.26. The van der Waals surface area contributed by atoms with Crippen molar-refractivity contribution in [3.05, 3.63) is 0 Å². The Bertz CT molecular complexity index is 417. The molecule has 0 N–H and O–H groups in total. The van der Waals surface area contributed by atoms with Crippen LogP contribution in [-0.4, -0.2) is 48.2 Å². The fourth-order valence-electron chi connectivity index (χ4n) is 2.69. The lowest BCUT2D eigenvalue weighted by Crippen LogP contribution is -2.55. The molecule has 0 amide bonds. The lowest BCUT2D eigenvalue weighted by atomic mass is 9.83. The van der Waals surface area contributed by atoms with E-state index in [0.717, 1.165) is 6.54 Å². The molecule has 0 aromatic heterocycles. The van der Waals surface area contributed by atoms with Gasteiger partial charge in [-0.2, -0.15) is 0 Å². The first kappa shape index (κ1) is 20.2. The van der Waals surface area contributed by atoms with Crippen molar-refractivity contribution in [3.63, 3.8) is 0 Å². The minimum absolute atomic E-state index is 0.0488. The molecule has 5 nitrogen and oxygen atoms in total. The van der Waals surface area contributed by atoms with Gasteiger partial charge in [-0.15, -0.1) is 0 Å². The number of nitrogens with zero attached hydrogens (tertiary/aromatic N) is 1. The monoisotopic (exact) mass is 339 g/mol. The zero-order chi connectivity index (χ0) is 18.8. The van der Waals surface area contributed by atoms with Crippen molar-refractivity contribution in [1.29, 1.82) is 0 Å². The van der Waals surface area contributed by atoms with Crippen molar-refractivity contribution in [2.45, 2.75) is 98.6 Å². The molecule has 0 radical (unpaired) electrons. The molecule has 0 spiro atoms. The van der Waals surface area contributed by atoms with Crippen LogP contribution in [0.25, 0.3) is 0 Å². The molecule has 0 aliphatic carbocycles. The third-order valence-electron chi connectivity index (χ3n) is 5.68. The van der Waals surface area contributed by atoms with Crippen LogP contribution >= 0.6 is 0 Å². The first-order valence-electron chi connectivity index (χ1n) is 8.95. The van der Waals surface area contributed by atoms with Gasteiger partial charge in [-0.05, 0) is 67.3 Å². The Morgan fingerprint density at radius 1 is 0.625 bits per heavy atom. The molecule has 0 bridgehead atoms. The summed E-state index contributed by atoms with van der Waals surface area (Å²) in [6.45, 7) is 23.8. The fraction of sp³-hybridized carbons (Fsp3) is 1.00. The average Bonchev–Trinajstić information content (AvgIpc) is 2.64. The maximum Gasteiger partial charge on any atom is 0.551 e. The molecule has 0 aromatic rings. The van der Waals surface area contributed by atoms with Crippen LogP contribution in [0.5, 0.6) is 0 Å². The summed E-state index contributed by atoms with van der Waals surface area (Å²) in [6.07, 6.45) is 0. The molecule has 2 rings (SSSR count). The molecule has 2 saturated heterocycles. The van der Waals surface area contributed by atoms with Crippen LogP contribution in [0.1, 0.15) is 76.2 Å². The van der Waals surface area contributed by atoms with Crippen LogP contribution < -0.4 is 0 Å². The van der Waals surface area contributed by atoms with E-state index in [-0.39, 0.29) is 5.41 Å². The van der Waals surface area contributed by atoms with Gasteiger partial charge in [0.15, 0.2) is 0 Å². The second-order valence-electron chi connectivity index (χ2n) is 10.4. The van der Waals surface area contributed by atoms with Gasteiger partial charge in [0.05, 0.1) is 22.4 Å². The summed E-state index contributed by atoms with van der Waals surface area (Å²) < 4.78 is 27.1. The summed E-state index contributed by atoms with van der Waals surface area (Å²) in [7, 11) is -0.993. The summed E-state index contributed by atoms with van der Waals surface area (Å²) in [5, 5.41) is 0. The first-order chi connectivity index (χ1) is 10.5. The van der Waals surface area contributed by atoms with Crippen LogP contribution in [0.2, 0.25) is 0 Å². The zero-order valence-electron chi connectivity index (χ0n) is 17.4. The molecule has 2 heterocycles. The van der Waals surface area contributed by atoms with Crippen molar-refractivity contribution in [3.8, 4) is 0 Å². The highest BCUT2D eigenvalue weighted by Gasteiger charge is 2.61.